The van der Waals surface area contributed by atoms with Gasteiger partial charge in [0.2, 0.25) is 0 Å². The van der Waals surface area contributed by atoms with Gasteiger partial charge in [-0.05, 0) is 75.2 Å². The molecule has 0 amide bonds. The number of aromatic nitrogens is 4. The van der Waals surface area contributed by atoms with Gasteiger partial charge in [0.1, 0.15) is 35.9 Å². The molecule has 2 aromatic heterocycles. The summed E-state index contributed by atoms with van der Waals surface area (Å²) in [5, 5.41) is 27.3. The topological polar surface area (TPSA) is 161 Å². The van der Waals surface area contributed by atoms with Crippen LogP contribution in [0.2, 0.25) is 0 Å². The number of hydrogen-bond acceptors (Lipinski definition) is 8. The lowest BCUT2D eigenvalue weighted by Crippen LogP contribution is -2.30. The minimum Gasteiger partial charge on any atom is -0.484 e. The van der Waals surface area contributed by atoms with Crippen LogP contribution in [0.15, 0.2) is 53.5 Å². The van der Waals surface area contributed by atoms with Crippen molar-refractivity contribution >= 4 is 17.0 Å². The van der Waals surface area contributed by atoms with Gasteiger partial charge in [-0.15, -0.1) is 0 Å². The van der Waals surface area contributed by atoms with Crippen molar-refractivity contribution in [3.8, 4) is 17.9 Å². The molecule has 2 N–H and O–H groups in total. The highest BCUT2D eigenvalue weighted by molar-refractivity contribution is 5.92. The van der Waals surface area contributed by atoms with Crippen molar-refractivity contribution in [2.24, 2.45) is 5.41 Å². The van der Waals surface area contributed by atoms with Crippen molar-refractivity contribution in [1.82, 2.24) is 24.4 Å². The maximum Gasteiger partial charge on any atom is 0.335 e. The van der Waals surface area contributed by atoms with E-state index in [9.17, 15) is 24.3 Å². The van der Waals surface area contributed by atoms with Crippen molar-refractivity contribution in [3.05, 3.63) is 87.6 Å². The van der Waals surface area contributed by atoms with Gasteiger partial charge in [-0.1, -0.05) is 6.42 Å². The number of aromatic amines is 1. The Morgan fingerprint density at radius 1 is 1.11 bits per heavy atom. The monoisotopic (exact) mass is 597 g/mol. The molecule has 44 heavy (non-hydrogen) atoms. The lowest BCUT2D eigenvalue weighted by atomic mass is 10.0. The van der Waals surface area contributed by atoms with Crippen LogP contribution in [0.3, 0.4) is 0 Å². The van der Waals surface area contributed by atoms with Crippen molar-refractivity contribution in [3.63, 3.8) is 0 Å². The number of carbonyl (C=O) groups is 1. The fourth-order valence-corrected chi connectivity index (χ4v) is 5.34. The number of nitrogens with one attached hydrogen (secondary N) is 1. The van der Waals surface area contributed by atoms with E-state index in [1.165, 1.54) is 43.7 Å². The number of rotatable bonds is 9. The number of likely N-dealkylation sites (tertiary alicyclic amines) is 1. The second-order valence-electron chi connectivity index (χ2n) is 11.2. The molecule has 0 radical (unpaired) electrons. The quantitative estimate of drug-likeness (QED) is 0.277. The Labute approximate surface area is 253 Å². The number of piperidine rings is 1. The van der Waals surface area contributed by atoms with Gasteiger partial charge < -0.3 is 19.4 Å². The first-order chi connectivity index (χ1) is 21.3. The van der Waals surface area contributed by atoms with Gasteiger partial charge in [-0.3, -0.25) is 9.69 Å². The number of imidazole rings is 1. The summed E-state index contributed by atoms with van der Waals surface area (Å²) in [5.74, 6) is 0.135. The van der Waals surface area contributed by atoms with Gasteiger partial charge >= 0.3 is 5.97 Å². The summed E-state index contributed by atoms with van der Waals surface area (Å²) in [5.41, 5.74) is 1.85. The maximum absolute atomic E-state index is 12.9. The first-order valence-electron chi connectivity index (χ1n) is 14.5. The lowest BCUT2D eigenvalue weighted by molar-refractivity contribution is 0.0697. The number of carboxylic acids is 1. The van der Waals surface area contributed by atoms with E-state index < -0.39 is 11.8 Å². The highest BCUT2D eigenvalue weighted by Gasteiger charge is 2.43. The van der Waals surface area contributed by atoms with Crippen LogP contribution in [-0.2, 0) is 19.7 Å². The Kier molecular flexibility index (Phi) is 9.32. The average Bonchev–Trinajstić information content (AvgIpc) is 3.71. The number of nitriles is 2. The molecule has 11 nitrogen and oxygen atoms in total. The van der Waals surface area contributed by atoms with E-state index in [0.29, 0.717) is 12.2 Å². The molecule has 1 saturated heterocycles. The standard InChI is InChI=1S/C20H24N4O2.C12H8FN3O2/c21-9-8-20(6-7-20)14-24-17-12-15(19(25)26)4-5-16(17)22-18(24)13-23-10-2-1-3-11-23;13-9-1-2-10(8(5-9)6-14)18-7-11-15-4-3-12(17)16-11/h4-5,12H,1-3,6-8,10-11,13-14H2,(H,25,26);1-5H,7H2,(H,15,16,17). The average molecular weight is 598 g/mol. The first-order valence-corrected chi connectivity index (χ1v) is 14.5. The number of H-pyrrole nitrogens is 1. The van der Waals surface area contributed by atoms with E-state index in [2.05, 4.69) is 25.5 Å². The minimum atomic E-state index is -0.921. The third-order valence-electron chi connectivity index (χ3n) is 7.94. The SMILES string of the molecule is N#CCC1(Cn2c(CN3CCCCC3)nc3ccc(C(=O)O)cc32)CC1.N#Cc1cc(F)ccc1OCc1nccc(=O)[nH]1. The first kappa shape index (κ1) is 30.4. The fourth-order valence-electron chi connectivity index (χ4n) is 5.34. The number of hydrogen-bond donors (Lipinski definition) is 2. The molecule has 2 aromatic carbocycles. The van der Waals surface area contributed by atoms with Crippen LogP contribution in [0.4, 0.5) is 4.39 Å². The Bertz CT molecular complexity index is 1790. The lowest BCUT2D eigenvalue weighted by Gasteiger charge is -2.26. The smallest absolute Gasteiger partial charge is 0.335 e. The summed E-state index contributed by atoms with van der Waals surface area (Å²) in [4.78, 5) is 36.0. The molecule has 1 saturated carbocycles. The van der Waals surface area contributed by atoms with Gasteiger partial charge in [0.15, 0.2) is 0 Å². The predicted molar refractivity (Wildman–Crippen MR) is 158 cm³/mol. The van der Waals surface area contributed by atoms with Gasteiger partial charge in [0.25, 0.3) is 5.56 Å². The zero-order chi connectivity index (χ0) is 31.1. The molecule has 0 unspecified atom stereocenters. The molecule has 4 aromatic rings. The van der Waals surface area contributed by atoms with Gasteiger partial charge in [0, 0.05) is 30.6 Å². The van der Waals surface area contributed by atoms with Crippen LogP contribution in [0, 0.1) is 33.9 Å². The van der Waals surface area contributed by atoms with E-state index in [0.717, 1.165) is 61.9 Å². The van der Waals surface area contributed by atoms with Crippen LogP contribution in [0.1, 0.15) is 66.1 Å². The second-order valence-corrected chi connectivity index (χ2v) is 11.2. The molecule has 6 rings (SSSR count). The molecule has 2 fully saturated rings. The molecule has 1 aliphatic heterocycles. The van der Waals surface area contributed by atoms with Crippen LogP contribution in [-0.4, -0.2) is 48.6 Å². The zero-order valence-corrected chi connectivity index (χ0v) is 24.1. The molecule has 0 bridgehead atoms. The zero-order valence-electron chi connectivity index (χ0n) is 24.1. The maximum atomic E-state index is 12.9. The van der Waals surface area contributed by atoms with Gasteiger partial charge in [0.05, 0.1) is 34.8 Å². The van der Waals surface area contributed by atoms with E-state index in [1.54, 1.807) is 18.2 Å². The number of fused-ring (bicyclic) bond motifs is 1. The molecular formula is C32H32FN7O4. The summed E-state index contributed by atoms with van der Waals surface area (Å²) in [7, 11) is 0. The van der Waals surface area contributed by atoms with Crippen molar-refractivity contribution < 1.29 is 19.0 Å². The number of carboxylic acid groups (broad SMARTS) is 1. The van der Waals surface area contributed by atoms with Crippen molar-refractivity contribution in [2.45, 2.75) is 58.2 Å². The van der Waals surface area contributed by atoms with E-state index >= 15 is 0 Å². The second kappa shape index (κ2) is 13.5. The molecule has 3 heterocycles. The van der Waals surface area contributed by atoms with E-state index in [1.807, 2.05) is 6.07 Å². The van der Waals surface area contributed by atoms with Crippen LogP contribution in [0.25, 0.3) is 11.0 Å². The molecule has 0 spiro atoms. The number of benzene rings is 2. The third kappa shape index (κ3) is 7.46. The highest BCUT2D eigenvalue weighted by atomic mass is 19.1. The Hall–Kier alpha value is -5.07. The molecular weight excluding hydrogens is 565 g/mol. The van der Waals surface area contributed by atoms with Crippen LogP contribution >= 0.6 is 0 Å². The Morgan fingerprint density at radius 3 is 2.59 bits per heavy atom. The largest absolute Gasteiger partial charge is 0.484 e. The summed E-state index contributed by atoms with van der Waals surface area (Å²) in [6, 6.07) is 14.2. The van der Waals surface area contributed by atoms with Gasteiger partial charge in [-0.2, -0.15) is 10.5 Å². The summed E-state index contributed by atoms with van der Waals surface area (Å²) in [6.07, 6.45) is 7.76. The number of halogens is 1. The molecule has 1 aliphatic carbocycles. The molecule has 226 valence electrons. The molecule has 12 heteroatoms. The Balaban J connectivity index is 0.000000187. The highest BCUT2D eigenvalue weighted by Crippen LogP contribution is 2.50. The fraction of sp³-hybridized carbons (Fsp3) is 0.375. The van der Waals surface area contributed by atoms with Crippen molar-refractivity contribution in [2.75, 3.05) is 13.1 Å². The molecule has 2 aliphatic rings. The number of ether oxygens (including phenoxy) is 1. The van der Waals surface area contributed by atoms with Crippen LogP contribution < -0.4 is 10.3 Å². The predicted octanol–water partition coefficient (Wildman–Crippen LogP) is 4.77. The normalized spacial score (nSPS) is 15.4. The number of aromatic carboxylic acids is 1. The summed E-state index contributed by atoms with van der Waals surface area (Å²) < 4.78 is 20.4. The van der Waals surface area contributed by atoms with Gasteiger partial charge in [-0.25, -0.2) is 19.2 Å². The van der Waals surface area contributed by atoms with E-state index in [-0.39, 0.29) is 34.5 Å². The van der Waals surface area contributed by atoms with Crippen molar-refractivity contribution in [1.29, 1.82) is 10.5 Å². The third-order valence-corrected chi connectivity index (χ3v) is 7.94. The minimum absolute atomic E-state index is 0.00358. The van der Waals surface area contributed by atoms with Crippen LogP contribution in [0.5, 0.6) is 5.75 Å². The van der Waals surface area contributed by atoms with E-state index in [4.69, 9.17) is 15.0 Å². The summed E-state index contributed by atoms with van der Waals surface area (Å²) in [6.45, 7) is 3.72. The Morgan fingerprint density at radius 2 is 1.91 bits per heavy atom. The number of nitrogens with zero attached hydrogens (tertiary/aromatic N) is 6. The molecule has 0 atom stereocenters. The summed E-state index contributed by atoms with van der Waals surface area (Å²) >= 11 is 0.